The third-order valence-corrected chi connectivity index (χ3v) is 9.41. The first-order chi connectivity index (χ1) is 17.7. The van der Waals surface area contributed by atoms with Crippen molar-refractivity contribution in [1.29, 1.82) is 0 Å². The molecular weight excluding hydrogens is 538 g/mol. The van der Waals surface area contributed by atoms with E-state index < -0.39 is 68.0 Å². The SMILES string of the molecule is Cc1ccc(S(=O)(=O)N2CCS(=O)(=O)C[C@@H]2C(=O)N[C@@H](Cc2ccc(OC(=O)N(C)C)cc2)C(=O)O)cc1. The monoisotopic (exact) mass is 567 g/mol. The number of sulfone groups is 1. The number of nitrogens with zero attached hydrogens (tertiary/aromatic N) is 2. The Bertz CT molecular complexity index is 1410. The van der Waals surface area contributed by atoms with Crippen LogP contribution >= 0.6 is 0 Å². The fraction of sp³-hybridized carbons (Fsp3) is 0.375. The number of carbonyl (C=O) groups is 3. The number of carboxylic acids is 1. The van der Waals surface area contributed by atoms with Crippen LogP contribution in [0.4, 0.5) is 4.79 Å². The van der Waals surface area contributed by atoms with Gasteiger partial charge in [-0.05, 0) is 36.8 Å². The number of ether oxygens (including phenoxy) is 1. The Hall–Kier alpha value is -3.49. The molecule has 3 rings (SSSR count). The van der Waals surface area contributed by atoms with E-state index >= 15 is 0 Å². The molecule has 38 heavy (non-hydrogen) atoms. The number of amides is 2. The van der Waals surface area contributed by atoms with Crippen molar-refractivity contribution >= 4 is 37.8 Å². The van der Waals surface area contributed by atoms with Gasteiger partial charge in [0.05, 0.1) is 16.4 Å². The van der Waals surface area contributed by atoms with E-state index in [-0.39, 0.29) is 17.1 Å². The lowest BCUT2D eigenvalue weighted by molar-refractivity contribution is -0.142. The van der Waals surface area contributed by atoms with Gasteiger partial charge in [0.15, 0.2) is 9.84 Å². The average molecular weight is 568 g/mol. The summed E-state index contributed by atoms with van der Waals surface area (Å²) in [5.41, 5.74) is 1.29. The molecule has 2 aromatic rings. The second-order valence-electron chi connectivity index (χ2n) is 9.07. The van der Waals surface area contributed by atoms with Crippen LogP contribution in [0.3, 0.4) is 0 Å². The summed E-state index contributed by atoms with van der Waals surface area (Å²) in [6.45, 7) is 1.33. The first-order valence-electron chi connectivity index (χ1n) is 11.5. The lowest BCUT2D eigenvalue weighted by Gasteiger charge is -2.34. The highest BCUT2D eigenvalue weighted by Crippen LogP contribution is 2.23. The van der Waals surface area contributed by atoms with Gasteiger partial charge in [-0.3, -0.25) is 4.79 Å². The maximum Gasteiger partial charge on any atom is 0.414 e. The Kier molecular flexibility index (Phi) is 8.79. The zero-order chi connectivity index (χ0) is 28.3. The van der Waals surface area contributed by atoms with Crippen molar-refractivity contribution in [1.82, 2.24) is 14.5 Å². The number of aryl methyl sites for hydroxylation is 1. The zero-order valence-corrected chi connectivity index (χ0v) is 22.7. The molecule has 1 heterocycles. The van der Waals surface area contributed by atoms with Crippen LogP contribution in [-0.2, 0) is 35.9 Å². The Labute approximate surface area is 221 Å². The topological polar surface area (TPSA) is 167 Å². The van der Waals surface area contributed by atoms with Crippen molar-refractivity contribution in [3.05, 3.63) is 59.7 Å². The number of rotatable bonds is 8. The van der Waals surface area contributed by atoms with E-state index in [4.69, 9.17) is 4.74 Å². The minimum atomic E-state index is -4.24. The molecule has 2 amide bonds. The lowest BCUT2D eigenvalue weighted by atomic mass is 10.1. The van der Waals surface area contributed by atoms with Crippen molar-refractivity contribution in [2.45, 2.75) is 30.3 Å². The number of carboxylic acid groups (broad SMARTS) is 1. The molecular formula is C24H29N3O9S2. The molecule has 2 aromatic carbocycles. The summed E-state index contributed by atoms with van der Waals surface area (Å²) in [4.78, 5) is 37.9. The Balaban J connectivity index is 1.80. The molecule has 1 saturated heterocycles. The molecule has 12 nitrogen and oxygen atoms in total. The summed E-state index contributed by atoms with van der Waals surface area (Å²) >= 11 is 0. The highest BCUT2D eigenvalue weighted by Gasteiger charge is 2.43. The Morgan fingerprint density at radius 2 is 1.71 bits per heavy atom. The number of nitrogens with one attached hydrogen (secondary N) is 1. The fourth-order valence-electron chi connectivity index (χ4n) is 3.72. The van der Waals surface area contributed by atoms with E-state index in [1.54, 1.807) is 19.1 Å². The van der Waals surface area contributed by atoms with E-state index in [0.717, 1.165) is 9.87 Å². The number of carbonyl (C=O) groups excluding carboxylic acids is 2. The predicted molar refractivity (Wildman–Crippen MR) is 137 cm³/mol. The summed E-state index contributed by atoms with van der Waals surface area (Å²) in [6, 6.07) is 8.71. The summed E-state index contributed by atoms with van der Waals surface area (Å²) < 4.78 is 57.1. The molecule has 0 aliphatic carbocycles. The molecule has 1 aliphatic rings. The number of hydrogen-bond acceptors (Lipinski definition) is 8. The van der Waals surface area contributed by atoms with Gasteiger partial charge in [0, 0.05) is 27.1 Å². The minimum absolute atomic E-state index is 0.106. The number of benzene rings is 2. The number of aliphatic carboxylic acids is 1. The first-order valence-corrected chi connectivity index (χ1v) is 14.8. The van der Waals surface area contributed by atoms with Crippen molar-refractivity contribution < 1.29 is 41.1 Å². The normalized spacial score (nSPS) is 18.2. The summed E-state index contributed by atoms with van der Waals surface area (Å²) in [5, 5.41) is 12.0. The van der Waals surface area contributed by atoms with Gasteiger partial charge >= 0.3 is 12.1 Å². The molecule has 206 valence electrons. The third kappa shape index (κ3) is 7.08. The third-order valence-electron chi connectivity index (χ3n) is 5.86. The molecule has 0 bridgehead atoms. The van der Waals surface area contributed by atoms with Crippen molar-refractivity contribution in [3.63, 3.8) is 0 Å². The van der Waals surface area contributed by atoms with Crippen LogP contribution in [0.5, 0.6) is 5.75 Å². The fourth-order valence-corrected chi connectivity index (χ4v) is 6.97. The van der Waals surface area contributed by atoms with Crippen LogP contribution in [-0.4, -0.2) is 93.3 Å². The maximum absolute atomic E-state index is 13.3. The number of hydrogen-bond donors (Lipinski definition) is 2. The standard InChI is InChI=1S/C24H29N3O9S2/c1-16-4-10-19(11-5-16)38(34,35)27-12-13-37(32,33)15-21(27)22(28)25-20(23(29)30)14-17-6-8-18(9-7-17)36-24(31)26(2)3/h4-11,20-21H,12-15H2,1-3H3,(H,25,28)(H,29,30)/t20-,21+/m0/s1. The van der Waals surface area contributed by atoms with Gasteiger partial charge in [0.1, 0.15) is 17.8 Å². The molecule has 0 radical (unpaired) electrons. The smallest absolute Gasteiger partial charge is 0.414 e. The molecule has 1 fully saturated rings. The van der Waals surface area contributed by atoms with Crippen LogP contribution in [0.25, 0.3) is 0 Å². The molecule has 2 atom stereocenters. The van der Waals surface area contributed by atoms with Crippen LogP contribution in [0.15, 0.2) is 53.4 Å². The van der Waals surface area contributed by atoms with Crippen molar-refractivity contribution in [2.24, 2.45) is 0 Å². The molecule has 0 unspecified atom stereocenters. The largest absolute Gasteiger partial charge is 0.480 e. The second kappa shape index (κ2) is 11.5. The van der Waals surface area contributed by atoms with E-state index in [9.17, 15) is 36.3 Å². The van der Waals surface area contributed by atoms with Gasteiger partial charge in [0.25, 0.3) is 0 Å². The van der Waals surface area contributed by atoms with E-state index in [0.29, 0.717) is 5.56 Å². The Morgan fingerprint density at radius 1 is 1.11 bits per heavy atom. The van der Waals surface area contributed by atoms with Gasteiger partial charge in [-0.25, -0.2) is 26.4 Å². The first kappa shape index (κ1) is 29.1. The quantitative estimate of drug-likeness (QED) is 0.465. The predicted octanol–water partition coefficient (Wildman–Crippen LogP) is 0.655. The maximum atomic E-state index is 13.3. The van der Waals surface area contributed by atoms with Gasteiger partial charge in [-0.15, -0.1) is 0 Å². The minimum Gasteiger partial charge on any atom is -0.480 e. The Morgan fingerprint density at radius 3 is 2.26 bits per heavy atom. The van der Waals surface area contributed by atoms with Crippen LogP contribution < -0.4 is 10.1 Å². The van der Waals surface area contributed by atoms with E-state index in [1.165, 1.54) is 55.4 Å². The lowest BCUT2D eigenvalue weighted by Crippen LogP contribution is -2.59. The summed E-state index contributed by atoms with van der Waals surface area (Å²) in [6.07, 6.45) is -0.784. The van der Waals surface area contributed by atoms with E-state index in [2.05, 4.69) is 5.32 Å². The summed E-state index contributed by atoms with van der Waals surface area (Å²) in [7, 11) is -4.97. The highest BCUT2D eigenvalue weighted by atomic mass is 32.2. The van der Waals surface area contributed by atoms with Gasteiger partial charge in [-0.2, -0.15) is 4.31 Å². The molecule has 0 saturated carbocycles. The molecule has 2 N–H and O–H groups in total. The van der Waals surface area contributed by atoms with Crippen LogP contribution in [0.2, 0.25) is 0 Å². The average Bonchev–Trinajstić information content (AvgIpc) is 2.84. The van der Waals surface area contributed by atoms with Gasteiger partial charge in [-0.1, -0.05) is 29.8 Å². The van der Waals surface area contributed by atoms with Crippen molar-refractivity contribution in [3.8, 4) is 5.75 Å². The molecule has 0 spiro atoms. The van der Waals surface area contributed by atoms with Crippen LogP contribution in [0, 0.1) is 6.92 Å². The van der Waals surface area contributed by atoms with Gasteiger partial charge < -0.3 is 20.1 Å². The molecule has 0 aromatic heterocycles. The zero-order valence-electron chi connectivity index (χ0n) is 21.0. The van der Waals surface area contributed by atoms with Crippen LogP contribution in [0.1, 0.15) is 11.1 Å². The van der Waals surface area contributed by atoms with Crippen molar-refractivity contribution in [2.75, 3.05) is 32.1 Å². The molecule has 1 aliphatic heterocycles. The number of sulfonamides is 1. The second-order valence-corrected chi connectivity index (χ2v) is 13.2. The van der Waals surface area contributed by atoms with Gasteiger partial charge in [0.2, 0.25) is 15.9 Å². The summed E-state index contributed by atoms with van der Waals surface area (Å²) in [5.74, 6) is -3.44. The highest BCUT2D eigenvalue weighted by molar-refractivity contribution is 7.92. The van der Waals surface area contributed by atoms with E-state index in [1.807, 2.05) is 0 Å². The molecule has 14 heteroatoms.